The van der Waals surface area contributed by atoms with Crippen molar-refractivity contribution in [1.82, 2.24) is 25.1 Å². The Morgan fingerprint density at radius 1 is 0.929 bits per heavy atom. The summed E-state index contributed by atoms with van der Waals surface area (Å²) in [5.41, 5.74) is 3.89. The number of rotatable bonds is 6. The summed E-state index contributed by atoms with van der Waals surface area (Å²) in [7, 11) is 0. The Morgan fingerprint density at radius 2 is 1.71 bits per heavy atom. The van der Waals surface area contributed by atoms with Gasteiger partial charge in [-0.25, -0.2) is 4.68 Å². The topological polar surface area (TPSA) is 72.7 Å². The van der Waals surface area contributed by atoms with Gasteiger partial charge in [-0.05, 0) is 42.3 Å². The number of carbonyl (C=O) groups is 1. The fraction of sp³-hybridized carbons (Fsp3) is 0.0909. The van der Waals surface area contributed by atoms with Gasteiger partial charge in [-0.3, -0.25) is 14.8 Å². The van der Waals surface area contributed by atoms with Crippen LogP contribution in [0.15, 0.2) is 85.6 Å². The number of amides is 1. The van der Waals surface area contributed by atoms with Crippen molar-refractivity contribution in [2.75, 3.05) is 6.54 Å². The first-order chi connectivity index (χ1) is 13.8. The van der Waals surface area contributed by atoms with Gasteiger partial charge in [0.2, 0.25) is 0 Å². The van der Waals surface area contributed by atoms with Gasteiger partial charge in [0, 0.05) is 43.1 Å². The lowest BCUT2D eigenvalue weighted by Crippen LogP contribution is -2.25. The number of benzene rings is 1. The molecule has 0 aliphatic rings. The van der Waals surface area contributed by atoms with Crippen LogP contribution in [0.25, 0.3) is 16.9 Å². The summed E-state index contributed by atoms with van der Waals surface area (Å²) in [4.78, 5) is 21.1. The Bertz CT molecular complexity index is 1050. The fourth-order valence-electron chi connectivity index (χ4n) is 2.93. The van der Waals surface area contributed by atoms with Crippen LogP contribution in [0.2, 0.25) is 0 Å². The lowest BCUT2D eigenvalue weighted by Gasteiger charge is -2.05. The summed E-state index contributed by atoms with van der Waals surface area (Å²) in [5, 5.41) is 7.63. The van der Waals surface area contributed by atoms with E-state index in [0.717, 1.165) is 16.8 Å². The molecule has 3 heterocycles. The summed E-state index contributed by atoms with van der Waals surface area (Å²) in [6.07, 6.45) is 9.43. The zero-order valence-corrected chi connectivity index (χ0v) is 15.2. The van der Waals surface area contributed by atoms with Crippen molar-refractivity contribution in [2.24, 2.45) is 0 Å². The van der Waals surface area contributed by atoms with Crippen LogP contribution in [0.5, 0.6) is 0 Å². The number of aromatic nitrogens is 4. The number of hydrogen-bond donors (Lipinski definition) is 1. The number of nitrogens with one attached hydrogen (secondary N) is 1. The van der Waals surface area contributed by atoms with Gasteiger partial charge in [-0.15, -0.1) is 0 Å². The summed E-state index contributed by atoms with van der Waals surface area (Å²) in [6, 6.07) is 17.3. The second-order valence-corrected chi connectivity index (χ2v) is 6.28. The number of para-hydroxylation sites is 1. The van der Waals surface area contributed by atoms with Crippen molar-refractivity contribution in [2.45, 2.75) is 6.42 Å². The Balaban J connectivity index is 1.59. The van der Waals surface area contributed by atoms with E-state index >= 15 is 0 Å². The van der Waals surface area contributed by atoms with Gasteiger partial charge in [-0.2, -0.15) is 5.10 Å². The molecule has 1 amide bonds. The molecule has 0 aliphatic heterocycles. The highest BCUT2D eigenvalue weighted by atomic mass is 16.1. The van der Waals surface area contributed by atoms with Crippen LogP contribution < -0.4 is 5.32 Å². The van der Waals surface area contributed by atoms with Crippen LogP contribution in [0.3, 0.4) is 0 Å². The molecular formula is C22H19N5O. The Hall–Kier alpha value is -3.80. The van der Waals surface area contributed by atoms with Crippen molar-refractivity contribution in [3.8, 4) is 16.9 Å². The van der Waals surface area contributed by atoms with Gasteiger partial charge in [0.15, 0.2) is 0 Å². The Labute approximate surface area is 162 Å². The number of hydrogen-bond acceptors (Lipinski definition) is 4. The molecule has 28 heavy (non-hydrogen) atoms. The smallest absolute Gasteiger partial charge is 0.255 e. The van der Waals surface area contributed by atoms with Crippen molar-refractivity contribution in [1.29, 1.82) is 0 Å². The second-order valence-electron chi connectivity index (χ2n) is 6.28. The molecule has 0 bridgehead atoms. The number of pyridine rings is 2. The van der Waals surface area contributed by atoms with Gasteiger partial charge in [0.05, 0.1) is 11.3 Å². The molecule has 0 saturated heterocycles. The van der Waals surface area contributed by atoms with E-state index in [4.69, 9.17) is 0 Å². The van der Waals surface area contributed by atoms with Gasteiger partial charge in [0.1, 0.15) is 5.69 Å². The van der Waals surface area contributed by atoms with Crippen LogP contribution in [-0.2, 0) is 6.42 Å². The van der Waals surface area contributed by atoms with E-state index in [-0.39, 0.29) is 5.91 Å². The van der Waals surface area contributed by atoms with E-state index in [9.17, 15) is 4.79 Å². The molecule has 0 saturated carbocycles. The standard InChI is InChI=1S/C22H19N5O/c28-22(25-13-10-17-6-4-11-23-14-17)20-16-27(19-8-2-1-3-9-19)26-21(20)18-7-5-12-24-15-18/h1-9,11-12,14-16H,10,13H2,(H,25,28). The SMILES string of the molecule is O=C(NCCc1cccnc1)c1cn(-c2ccccc2)nc1-c1cccnc1. The summed E-state index contributed by atoms with van der Waals surface area (Å²) in [6.45, 7) is 0.521. The van der Waals surface area contributed by atoms with Gasteiger partial charge in [0.25, 0.3) is 5.91 Å². The molecule has 4 rings (SSSR count). The third-order valence-corrected chi connectivity index (χ3v) is 4.34. The molecular weight excluding hydrogens is 350 g/mol. The van der Waals surface area contributed by atoms with Crippen molar-refractivity contribution in [3.63, 3.8) is 0 Å². The van der Waals surface area contributed by atoms with Gasteiger partial charge >= 0.3 is 0 Å². The van der Waals surface area contributed by atoms with E-state index < -0.39 is 0 Å². The molecule has 0 fully saturated rings. The maximum absolute atomic E-state index is 12.9. The first-order valence-electron chi connectivity index (χ1n) is 9.04. The van der Waals surface area contributed by atoms with Gasteiger partial charge < -0.3 is 5.32 Å². The first-order valence-corrected chi connectivity index (χ1v) is 9.04. The molecule has 1 N–H and O–H groups in total. The highest BCUT2D eigenvalue weighted by Gasteiger charge is 2.18. The highest BCUT2D eigenvalue weighted by Crippen LogP contribution is 2.23. The molecule has 0 atom stereocenters. The summed E-state index contributed by atoms with van der Waals surface area (Å²) < 4.78 is 1.72. The molecule has 0 spiro atoms. The minimum Gasteiger partial charge on any atom is -0.352 e. The zero-order chi connectivity index (χ0) is 19.2. The Morgan fingerprint density at radius 3 is 2.43 bits per heavy atom. The van der Waals surface area contributed by atoms with Crippen LogP contribution in [0.1, 0.15) is 15.9 Å². The van der Waals surface area contributed by atoms with Crippen LogP contribution in [0.4, 0.5) is 0 Å². The Kier molecular flexibility index (Phi) is 5.20. The third kappa shape index (κ3) is 3.96. The largest absolute Gasteiger partial charge is 0.352 e. The third-order valence-electron chi connectivity index (χ3n) is 4.34. The van der Waals surface area contributed by atoms with E-state index in [1.54, 1.807) is 35.7 Å². The minimum absolute atomic E-state index is 0.162. The molecule has 4 aromatic rings. The molecule has 0 radical (unpaired) electrons. The van der Waals surface area contributed by atoms with Crippen LogP contribution in [-0.4, -0.2) is 32.2 Å². The van der Waals surface area contributed by atoms with Crippen molar-refractivity contribution < 1.29 is 4.79 Å². The van der Waals surface area contributed by atoms with Crippen molar-refractivity contribution >= 4 is 5.91 Å². The van der Waals surface area contributed by atoms with Crippen LogP contribution >= 0.6 is 0 Å². The summed E-state index contributed by atoms with van der Waals surface area (Å²) >= 11 is 0. The lowest BCUT2D eigenvalue weighted by atomic mass is 10.1. The van der Waals surface area contributed by atoms with E-state index in [1.807, 2.05) is 54.6 Å². The number of carbonyl (C=O) groups excluding carboxylic acids is 1. The average molecular weight is 369 g/mol. The highest BCUT2D eigenvalue weighted by molar-refractivity contribution is 5.99. The van der Waals surface area contributed by atoms with Crippen LogP contribution in [0, 0.1) is 0 Å². The minimum atomic E-state index is -0.162. The zero-order valence-electron chi connectivity index (χ0n) is 15.2. The summed E-state index contributed by atoms with van der Waals surface area (Å²) in [5.74, 6) is -0.162. The van der Waals surface area contributed by atoms with Gasteiger partial charge in [-0.1, -0.05) is 24.3 Å². The lowest BCUT2D eigenvalue weighted by molar-refractivity contribution is 0.0954. The molecule has 138 valence electrons. The molecule has 0 aliphatic carbocycles. The van der Waals surface area contributed by atoms with E-state index in [2.05, 4.69) is 20.4 Å². The van der Waals surface area contributed by atoms with Crippen molar-refractivity contribution in [3.05, 3.63) is 96.7 Å². The fourth-order valence-corrected chi connectivity index (χ4v) is 2.93. The molecule has 6 heteroatoms. The monoisotopic (exact) mass is 369 g/mol. The predicted molar refractivity (Wildman–Crippen MR) is 107 cm³/mol. The normalized spacial score (nSPS) is 10.6. The average Bonchev–Trinajstić information content (AvgIpc) is 3.21. The predicted octanol–water partition coefficient (Wildman–Crippen LogP) is 3.30. The van der Waals surface area contributed by atoms with E-state index in [0.29, 0.717) is 24.2 Å². The second kappa shape index (κ2) is 8.26. The maximum atomic E-state index is 12.9. The first kappa shape index (κ1) is 17.6. The maximum Gasteiger partial charge on any atom is 0.255 e. The molecule has 0 unspecified atom stereocenters. The molecule has 6 nitrogen and oxygen atoms in total. The van der Waals surface area contributed by atoms with E-state index in [1.165, 1.54) is 0 Å². The molecule has 3 aromatic heterocycles. The number of nitrogens with zero attached hydrogens (tertiary/aromatic N) is 4. The quantitative estimate of drug-likeness (QED) is 0.566. The molecule has 1 aromatic carbocycles.